The molecule has 3 heterocycles. The van der Waals surface area contributed by atoms with E-state index in [-0.39, 0.29) is 0 Å². The van der Waals surface area contributed by atoms with Gasteiger partial charge in [-0.3, -0.25) is 0 Å². The van der Waals surface area contributed by atoms with Gasteiger partial charge in [0.25, 0.3) is 0 Å². The highest BCUT2D eigenvalue weighted by Gasteiger charge is 2.19. The number of halogens is 1. The number of rotatable bonds is 5. The summed E-state index contributed by atoms with van der Waals surface area (Å²) in [5.41, 5.74) is 9.42. The summed E-state index contributed by atoms with van der Waals surface area (Å²) in [5.74, 6) is 0.613. The highest BCUT2D eigenvalue weighted by Crippen LogP contribution is 2.42. The first-order valence-electron chi connectivity index (χ1n) is 17.3. The second kappa shape index (κ2) is 12.8. The van der Waals surface area contributed by atoms with E-state index in [0.29, 0.717) is 11.4 Å². The second-order valence-corrected chi connectivity index (χ2v) is 18.1. The Morgan fingerprint density at radius 1 is 0.566 bits per heavy atom. The average Bonchev–Trinajstić information content (AvgIpc) is 3.77. The molecule has 10 rings (SSSR count). The summed E-state index contributed by atoms with van der Waals surface area (Å²) in [5, 5.41) is 14.7. The maximum Gasteiger partial charge on any atom is 0.161 e. The van der Waals surface area contributed by atoms with Gasteiger partial charge in [-0.05, 0) is 59.7 Å². The summed E-state index contributed by atoms with van der Waals surface area (Å²) in [4.78, 5) is 10.2. The van der Waals surface area contributed by atoms with Crippen molar-refractivity contribution in [2.24, 2.45) is 9.98 Å². The lowest BCUT2D eigenvalue weighted by molar-refractivity contribution is 1.18. The molecule has 0 saturated heterocycles. The Kier molecular flexibility index (Phi) is 7.64. The Morgan fingerprint density at radius 2 is 1.26 bits per heavy atom. The summed E-state index contributed by atoms with van der Waals surface area (Å²) >= 11 is -0.377. The average molecular weight is 809 g/mol. The topological polar surface area (TPSA) is 53.4 Å². The van der Waals surface area contributed by atoms with Crippen LogP contribution in [0.4, 0.5) is 0 Å². The van der Waals surface area contributed by atoms with Gasteiger partial charge < -0.3 is 4.57 Å². The first-order chi connectivity index (χ1) is 26.1. The van der Waals surface area contributed by atoms with E-state index in [2.05, 4.69) is 132 Å². The molecule has 4 nitrogen and oxygen atoms in total. The quantitative estimate of drug-likeness (QED) is 0.160. The smallest absolute Gasteiger partial charge is 0.161 e. The van der Waals surface area contributed by atoms with Crippen molar-refractivity contribution in [1.82, 2.24) is 4.57 Å². The van der Waals surface area contributed by atoms with E-state index in [1.54, 1.807) is 6.07 Å². The number of benzene rings is 7. The van der Waals surface area contributed by atoms with Gasteiger partial charge in [0, 0.05) is 53.3 Å². The summed E-state index contributed by atoms with van der Waals surface area (Å²) < 4.78 is 11.7. The van der Waals surface area contributed by atoms with E-state index in [1.165, 1.54) is 53.1 Å². The third kappa shape index (κ3) is 5.31. The van der Waals surface area contributed by atoms with Crippen molar-refractivity contribution in [1.29, 1.82) is 5.26 Å². The maximum absolute atomic E-state index is 9.59. The molecule has 0 N–H and O–H groups in total. The number of hydrogen-bond donors (Lipinski definition) is 0. The molecule has 0 amide bonds. The molecule has 0 fully saturated rings. The number of hydrogen-bond acceptors (Lipinski definition) is 4. The molecule has 0 unspecified atom stereocenters. The highest BCUT2D eigenvalue weighted by atomic mass is 127. The molecule has 9 aromatic rings. The predicted molar refractivity (Wildman–Crippen MR) is 235 cm³/mol. The van der Waals surface area contributed by atoms with Gasteiger partial charge in [-0.15, -0.1) is 11.3 Å². The molecule has 0 atom stereocenters. The summed E-state index contributed by atoms with van der Waals surface area (Å²) in [6.07, 6.45) is 0. The SMILES string of the molecule is C=I1=C(c2ccc(-n3c4ccccc4c4cc(-c5cccc6c5sc5ccccc56)ccc43)cc2)N=C(c2cccc(C#N)c2)N=C1c1ccccc1. The molecule has 6 heteroatoms. The van der Waals surface area contributed by atoms with Crippen LogP contribution in [-0.2, 0) is 0 Å². The highest BCUT2D eigenvalue weighted by molar-refractivity contribution is 14.2. The summed E-state index contributed by atoms with van der Waals surface area (Å²) in [6.45, 7) is 0. The van der Waals surface area contributed by atoms with Crippen molar-refractivity contribution < 1.29 is 0 Å². The van der Waals surface area contributed by atoms with Crippen molar-refractivity contribution in [3.63, 3.8) is 0 Å². The zero-order valence-electron chi connectivity index (χ0n) is 28.4. The van der Waals surface area contributed by atoms with Crippen LogP contribution >= 0.6 is 30.2 Å². The maximum atomic E-state index is 9.59. The van der Waals surface area contributed by atoms with Gasteiger partial charge in [-0.1, -0.05) is 139 Å². The van der Waals surface area contributed by atoms with Crippen LogP contribution in [0.15, 0.2) is 174 Å². The fraction of sp³-hybridized carbons (Fsp3) is 0. The Morgan fingerprint density at radius 3 is 2.11 bits per heavy atom. The summed E-state index contributed by atoms with van der Waals surface area (Å²) in [7, 11) is 0. The van der Waals surface area contributed by atoms with Crippen molar-refractivity contribution in [2.75, 3.05) is 0 Å². The van der Waals surface area contributed by atoms with Gasteiger partial charge in [0.1, 0.15) is 7.35 Å². The molecule has 1 aliphatic rings. The van der Waals surface area contributed by atoms with E-state index < -0.39 is 18.9 Å². The Labute approximate surface area is 316 Å². The Balaban J connectivity index is 1.09. The fourth-order valence-electron chi connectivity index (χ4n) is 7.36. The molecule has 250 valence electrons. The van der Waals surface area contributed by atoms with Crippen LogP contribution in [0, 0.1) is 11.3 Å². The normalized spacial score (nSPS) is 13.5. The number of aromatic nitrogens is 1. The van der Waals surface area contributed by atoms with Crippen LogP contribution < -0.4 is 0 Å². The number of thiophene rings is 1. The van der Waals surface area contributed by atoms with Crippen LogP contribution in [0.1, 0.15) is 22.3 Å². The molecule has 7 aromatic carbocycles. The number of para-hydroxylation sites is 1. The molecule has 0 aliphatic carbocycles. The Bertz CT molecular complexity index is 3130. The number of amidine groups is 1. The van der Waals surface area contributed by atoms with E-state index in [0.717, 1.165) is 29.7 Å². The first kappa shape index (κ1) is 31.6. The van der Waals surface area contributed by atoms with Crippen molar-refractivity contribution in [3.05, 3.63) is 186 Å². The number of nitrogens with zero attached hydrogens (tertiary/aromatic N) is 4. The first-order valence-corrected chi connectivity index (χ1v) is 21.8. The molecule has 0 spiro atoms. The molecule has 0 bridgehead atoms. The van der Waals surface area contributed by atoms with E-state index in [9.17, 15) is 5.26 Å². The molecular formula is C47H29IN4S. The van der Waals surface area contributed by atoms with Crippen LogP contribution in [0.3, 0.4) is 0 Å². The largest absolute Gasteiger partial charge is 0.309 e. The minimum atomic E-state index is -2.25. The molecular weight excluding hydrogens is 780 g/mol. The zero-order chi connectivity index (χ0) is 35.5. The zero-order valence-corrected chi connectivity index (χ0v) is 31.3. The second-order valence-electron chi connectivity index (χ2n) is 13.0. The number of aliphatic imine (C=N–C) groups is 2. The summed E-state index contributed by atoms with van der Waals surface area (Å²) in [6, 6.07) is 59.8. The van der Waals surface area contributed by atoms with E-state index in [1.807, 2.05) is 47.7 Å². The number of fused-ring (bicyclic) bond motifs is 6. The third-order valence-corrected chi connectivity index (χ3v) is 15.3. The molecule has 0 saturated carbocycles. The van der Waals surface area contributed by atoms with Gasteiger partial charge in [0.2, 0.25) is 0 Å². The number of nitriles is 1. The standard InChI is InChI=1S/C47H29IN4S/c1-48-45(31-12-3-2-4-13-31)50-47(34-14-9-11-30(27-34)29-49)51-46(48)32-21-24-35(25-22-32)52-41-19-7-5-15-37(41)40-28-33(23-26-42(40)52)36-17-10-18-39-38-16-6-8-20-43(38)53-44(36)39/h2-28H,1H2. The third-order valence-electron chi connectivity index (χ3n) is 9.85. The lowest BCUT2D eigenvalue weighted by Gasteiger charge is -2.16. The molecule has 1 aliphatic heterocycles. The van der Waals surface area contributed by atoms with E-state index >= 15 is 0 Å². The van der Waals surface area contributed by atoms with Gasteiger partial charge in [-0.2, -0.15) is 5.26 Å². The minimum absolute atomic E-state index is 0.582. The molecule has 2 aromatic heterocycles. The predicted octanol–water partition coefficient (Wildman–Crippen LogP) is 12.0. The van der Waals surface area contributed by atoms with Crippen LogP contribution in [0.2, 0.25) is 0 Å². The van der Waals surface area contributed by atoms with Crippen molar-refractivity contribution in [2.45, 2.75) is 0 Å². The minimum Gasteiger partial charge on any atom is -0.309 e. The van der Waals surface area contributed by atoms with Gasteiger partial charge in [-0.25, -0.2) is 9.98 Å². The Hall–Kier alpha value is -6.14. The monoisotopic (exact) mass is 808 g/mol. The fourth-order valence-corrected chi connectivity index (χ4v) is 12.3. The lowest BCUT2D eigenvalue weighted by atomic mass is 10.0. The van der Waals surface area contributed by atoms with Gasteiger partial charge in [0.15, 0.2) is 5.84 Å². The van der Waals surface area contributed by atoms with Crippen molar-refractivity contribution in [3.8, 4) is 22.9 Å². The van der Waals surface area contributed by atoms with Gasteiger partial charge in [0.05, 0.1) is 22.7 Å². The van der Waals surface area contributed by atoms with Crippen LogP contribution in [0.5, 0.6) is 0 Å². The van der Waals surface area contributed by atoms with Crippen LogP contribution in [-0.4, -0.2) is 22.3 Å². The van der Waals surface area contributed by atoms with Crippen molar-refractivity contribution >= 4 is 89.9 Å². The molecule has 0 radical (unpaired) electrons. The lowest BCUT2D eigenvalue weighted by Crippen LogP contribution is -2.13. The van der Waals surface area contributed by atoms with E-state index in [4.69, 9.17) is 14.5 Å². The van der Waals surface area contributed by atoms with Gasteiger partial charge >= 0.3 is 0 Å². The van der Waals surface area contributed by atoms with Crippen LogP contribution in [0.25, 0.3) is 58.8 Å². The molecule has 53 heavy (non-hydrogen) atoms.